The first-order valence-electron chi connectivity index (χ1n) is 9.90. The molecule has 7 heteroatoms. The molecule has 4 rings (SSSR count). The van der Waals surface area contributed by atoms with Crippen LogP contribution in [0.25, 0.3) is 22.8 Å². The number of carbonyl (C=O) groups excluding carboxylic acids is 1. The summed E-state index contributed by atoms with van der Waals surface area (Å²) in [5.74, 6) is 1.09. The Morgan fingerprint density at radius 2 is 1.75 bits per heavy atom. The molecular weight excluding hydrogens is 411 g/mol. The van der Waals surface area contributed by atoms with Crippen LogP contribution < -0.4 is 14.8 Å². The number of aromatic nitrogens is 1. The Hall–Kier alpha value is -4.13. The molecule has 162 valence electrons. The van der Waals surface area contributed by atoms with E-state index >= 15 is 0 Å². The van der Waals surface area contributed by atoms with E-state index in [1.54, 1.807) is 68.8 Å². The van der Waals surface area contributed by atoms with Crippen LogP contribution in [0.2, 0.25) is 0 Å². The summed E-state index contributed by atoms with van der Waals surface area (Å²) in [6, 6.07) is 18.6. The highest BCUT2D eigenvalue weighted by Gasteiger charge is 2.18. The Balaban J connectivity index is 1.57. The molecule has 32 heavy (non-hydrogen) atoms. The van der Waals surface area contributed by atoms with Crippen LogP contribution in [0.3, 0.4) is 0 Å². The summed E-state index contributed by atoms with van der Waals surface area (Å²) in [5.41, 5.74) is 2.01. The molecule has 3 aromatic carbocycles. The predicted octanol–water partition coefficient (Wildman–Crippen LogP) is 5.09. The zero-order valence-corrected chi connectivity index (χ0v) is 17.6. The smallest absolute Gasteiger partial charge is 0.252 e. The lowest BCUT2D eigenvalue weighted by molar-refractivity contribution is 0.0951. The van der Waals surface area contributed by atoms with Crippen molar-refractivity contribution in [2.24, 2.45) is 0 Å². The summed E-state index contributed by atoms with van der Waals surface area (Å²) in [4.78, 5) is 17.2. The number of hydrogen-bond acceptors (Lipinski definition) is 5. The van der Waals surface area contributed by atoms with Gasteiger partial charge in [0.2, 0.25) is 5.89 Å². The fraction of sp³-hybridized carbons (Fsp3) is 0.120. The lowest BCUT2D eigenvalue weighted by Crippen LogP contribution is -2.23. The standard InChI is InChI=1S/C25H21FN2O4/c1-30-17-12-11-16(22(13-17)31-2)14-27-24(29)18-7-3-4-8-19(18)25-28-15-23(32-25)20-9-5-6-10-21(20)26/h3-13,15H,14H2,1-2H3,(H,27,29). The molecule has 0 spiro atoms. The number of oxazole rings is 1. The van der Waals surface area contributed by atoms with E-state index in [1.165, 1.54) is 12.3 Å². The highest BCUT2D eigenvalue weighted by molar-refractivity contribution is 6.00. The Labute approximate surface area is 184 Å². The minimum atomic E-state index is -0.408. The van der Waals surface area contributed by atoms with Crippen LogP contribution in [-0.2, 0) is 6.54 Å². The van der Waals surface area contributed by atoms with E-state index in [0.29, 0.717) is 28.2 Å². The number of methoxy groups -OCH3 is 2. The van der Waals surface area contributed by atoms with Crippen LogP contribution in [0, 0.1) is 5.82 Å². The van der Waals surface area contributed by atoms with Crippen LogP contribution >= 0.6 is 0 Å². The van der Waals surface area contributed by atoms with Crippen LogP contribution in [-0.4, -0.2) is 25.1 Å². The third kappa shape index (κ3) is 4.32. The summed E-state index contributed by atoms with van der Waals surface area (Å²) in [5, 5.41) is 2.90. The maximum absolute atomic E-state index is 14.1. The third-order valence-electron chi connectivity index (χ3n) is 4.98. The molecule has 1 N–H and O–H groups in total. The Kier molecular flexibility index (Phi) is 6.17. The maximum atomic E-state index is 14.1. The van der Waals surface area contributed by atoms with E-state index in [0.717, 1.165) is 5.56 Å². The van der Waals surface area contributed by atoms with E-state index < -0.39 is 5.82 Å². The fourth-order valence-electron chi connectivity index (χ4n) is 3.32. The van der Waals surface area contributed by atoms with Gasteiger partial charge in [-0.2, -0.15) is 0 Å². The quantitative estimate of drug-likeness (QED) is 0.440. The number of amides is 1. The number of rotatable bonds is 7. The van der Waals surface area contributed by atoms with Crippen LogP contribution in [0.15, 0.2) is 77.3 Å². The second-order valence-electron chi connectivity index (χ2n) is 6.92. The van der Waals surface area contributed by atoms with Crippen LogP contribution in [0.5, 0.6) is 11.5 Å². The van der Waals surface area contributed by atoms with Gasteiger partial charge in [0.25, 0.3) is 5.91 Å². The van der Waals surface area contributed by atoms with Gasteiger partial charge in [0.15, 0.2) is 5.76 Å². The van der Waals surface area contributed by atoms with Gasteiger partial charge in [-0.1, -0.05) is 24.3 Å². The minimum absolute atomic E-state index is 0.232. The molecule has 1 heterocycles. The summed E-state index contributed by atoms with van der Waals surface area (Å²) >= 11 is 0. The van der Waals surface area contributed by atoms with Crippen molar-refractivity contribution >= 4 is 5.91 Å². The van der Waals surface area contributed by atoms with E-state index in [-0.39, 0.29) is 24.1 Å². The number of benzene rings is 3. The first-order valence-corrected chi connectivity index (χ1v) is 9.90. The monoisotopic (exact) mass is 432 g/mol. The Morgan fingerprint density at radius 1 is 1.00 bits per heavy atom. The zero-order chi connectivity index (χ0) is 22.5. The highest BCUT2D eigenvalue weighted by atomic mass is 19.1. The molecule has 6 nitrogen and oxygen atoms in total. The largest absolute Gasteiger partial charge is 0.497 e. The SMILES string of the molecule is COc1ccc(CNC(=O)c2ccccc2-c2ncc(-c3ccccc3F)o2)c(OC)c1. The molecule has 0 atom stereocenters. The summed E-state index contributed by atoms with van der Waals surface area (Å²) in [7, 11) is 3.14. The van der Waals surface area contributed by atoms with Gasteiger partial charge < -0.3 is 19.2 Å². The molecule has 0 aliphatic carbocycles. The zero-order valence-electron chi connectivity index (χ0n) is 17.6. The van der Waals surface area contributed by atoms with Gasteiger partial charge in [-0.15, -0.1) is 0 Å². The lowest BCUT2D eigenvalue weighted by atomic mass is 10.1. The van der Waals surface area contributed by atoms with Gasteiger partial charge in [-0.3, -0.25) is 4.79 Å². The average molecular weight is 432 g/mol. The van der Waals surface area contributed by atoms with Crippen LogP contribution in [0.1, 0.15) is 15.9 Å². The van der Waals surface area contributed by atoms with Crippen molar-refractivity contribution < 1.29 is 23.1 Å². The molecule has 0 bridgehead atoms. The molecule has 0 aliphatic heterocycles. The van der Waals surface area contributed by atoms with Gasteiger partial charge in [-0.25, -0.2) is 9.37 Å². The maximum Gasteiger partial charge on any atom is 0.252 e. The van der Waals surface area contributed by atoms with Crippen molar-refractivity contribution in [3.05, 3.63) is 89.9 Å². The van der Waals surface area contributed by atoms with Gasteiger partial charge in [-0.05, 0) is 36.4 Å². The summed E-state index contributed by atoms with van der Waals surface area (Å²) in [6.07, 6.45) is 1.45. The summed E-state index contributed by atoms with van der Waals surface area (Å²) in [6.45, 7) is 0.256. The first kappa shape index (κ1) is 21.1. The van der Waals surface area contributed by atoms with Gasteiger partial charge in [0, 0.05) is 23.7 Å². The molecular formula is C25H21FN2O4. The highest BCUT2D eigenvalue weighted by Crippen LogP contribution is 2.30. The lowest BCUT2D eigenvalue weighted by Gasteiger charge is -2.12. The van der Waals surface area contributed by atoms with Crippen molar-refractivity contribution in [1.29, 1.82) is 0 Å². The van der Waals surface area contributed by atoms with Crippen LogP contribution in [0.4, 0.5) is 4.39 Å². The van der Waals surface area contributed by atoms with E-state index in [4.69, 9.17) is 13.9 Å². The summed E-state index contributed by atoms with van der Waals surface area (Å²) < 4.78 is 30.5. The van der Waals surface area contributed by atoms with Crippen molar-refractivity contribution in [2.75, 3.05) is 14.2 Å². The van der Waals surface area contributed by atoms with Crippen molar-refractivity contribution in [1.82, 2.24) is 10.3 Å². The number of hydrogen-bond donors (Lipinski definition) is 1. The number of nitrogens with zero attached hydrogens (tertiary/aromatic N) is 1. The molecule has 0 unspecified atom stereocenters. The number of halogens is 1. The van der Waals surface area contributed by atoms with Crippen molar-refractivity contribution in [3.63, 3.8) is 0 Å². The molecule has 0 radical (unpaired) electrons. The fourth-order valence-corrected chi connectivity index (χ4v) is 3.32. The third-order valence-corrected chi connectivity index (χ3v) is 4.98. The number of nitrogens with one attached hydrogen (secondary N) is 1. The van der Waals surface area contributed by atoms with E-state index in [9.17, 15) is 9.18 Å². The normalized spacial score (nSPS) is 10.6. The van der Waals surface area contributed by atoms with E-state index in [1.807, 2.05) is 6.07 Å². The molecule has 0 saturated carbocycles. The molecule has 0 saturated heterocycles. The Morgan fingerprint density at radius 3 is 2.50 bits per heavy atom. The molecule has 1 aromatic heterocycles. The topological polar surface area (TPSA) is 73.6 Å². The van der Waals surface area contributed by atoms with Gasteiger partial charge in [0.1, 0.15) is 17.3 Å². The minimum Gasteiger partial charge on any atom is -0.497 e. The number of carbonyl (C=O) groups is 1. The number of ether oxygens (including phenoxy) is 2. The molecule has 0 fully saturated rings. The molecule has 0 aliphatic rings. The first-order chi connectivity index (χ1) is 15.6. The molecule has 1 amide bonds. The van der Waals surface area contributed by atoms with E-state index in [2.05, 4.69) is 10.3 Å². The second-order valence-corrected chi connectivity index (χ2v) is 6.92. The Bertz CT molecular complexity index is 1250. The average Bonchev–Trinajstić information content (AvgIpc) is 3.32. The van der Waals surface area contributed by atoms with Gasteiger partial charge >= 0.3 is 0 Å². The van der Waals surface area contributed by atoms with Crippen molar-refractivity contribution in [3.8, 4) is 34.3 Å². The molecule has 4 aromatic rings. The van der Waals surface area contributed by atoms with Crippen molar-refractivity contribution in [2.45, 2.75) is 6.54 Å². The second kappa shape index (κ2) is 9.34. The predicted molar refractivity (Wildman–Crippen MR) is 118 cm³/mol. The van der Waals surface area contributed by atoms with Gasteiger partial charge in [0.05, 0.1) is 31.5 Å².